The largest absolute Gasteiger partial charge is 0.459 e. The monoisotopic (exact) mass is 402 g/mol. The topological polar surface area (TPSA) is 87.5 Å². The molecule has 7 nitrogen and oxygen atoms in total. The standard InChI is InChI=1S/C19H19FN4O3S/c1-11-14-7-12(20)3-4-15(14)27-16(11)9-22-17(25)8-13-10-28-19(23-13)24-6-2-5-21-18(24)26/h3-4,7,10H,2,5-6,8-9H2,1H3,(H,21,26)(H,22,25). The third-order valence-electron chi connectivity index (χ3n) is 4.64. The molecule has 146 valence electrons. The van der Waals surface area contributed by atoms with Gasteiger partial charge in [-0.15, -0.1) is 11.3 Å². The number of nitrogens with zero attached hydrogens (tertiary/aromatic N) is 2. The molecule has 1 aliphatic rings. The maximum Gasteiger partial charge on any atom is 0.323 e. The molecule has 0 bridgehead atoms. The second kappa shape index (κ2) is 7.59. The van der Waals surface area contributed by atoms with E-state index in [0.717, 1.165) is 12.0 Å². The van der Waals surface area contributed by atoms with Crippen molar-refractivity contribution in [1.82, 2.24) is 15.6 Å². The number of furan rings is 1. The number of anilines is 1. The Labute approximate surface area is 164 Å². The van der Waals surface area contributed by atoms with Crippen LogP contribution in [0.25, 0.3) is 11.0 Å². The zero-order valence-corrected chi connectivity index (χ0v) is 16.1. The zero-order chi connectivity index (χ0) is 19.7. The van der Waals surface area contributed by atoms with Crippen LogP contribution in [0.1, 0.15) is 23.4 Å². The summed E-state index contributed by atoms with van der Waals surface area (Å²) in [5.41, 5.74) is 2.01. The third-order valence-corrected chi connectivity index (χ3v) is 5.55. The quantitative estimate of drug-likeness (QED) is 0.686. The molecule has 2 aromatic heterocycles. The fourth-order valence-corrected chi connectivity index (χ4v) is 3.98. The molecule has 2 N–H and O–H groups in total. The lowest BCUT2D eigenvalue weighted by atomic mass is 10.1. The first-order chi connectivity index (χ1) is 13.5. The van der Waals surface area contributed by atoms with Crippen molar-refractivity contribution < 1.29 is 18.4 Å². The van der Waals surface area contributed by atoms with Gasteiger partial charge in [-0.1, -0.05) is 0 Å². The predicted octanol–water partition coefficient (Wildman–Crippen LogP) is 3.12. The van der Waals surface area contributed by atoms with Gasteiger partial charge in [-0.05, 0) is 31.5 Å². The number of rotatable bonds is 5. The van der Waals surface area contributed by atoms with Crippen molar-refractivity contribution in [3.05, 3.63) is 46.4 Å². The summed E-state index contributed by atoms with van der Waals surface area (Å²) in [6.45, 7) is 3.34. The number of fused-ring (bicyclic) bond motifs is 1. The molecule has 3 amide bonds. The number of urea groups is 1. The maximum absolute atomic E-state index is 13.4. The van der Waals surface area contributed by atoms with Crippen molar-refractivity contribution in [2.24, 2.45) is 0 Å². The lowest BCUT2D eigenvalue weighted by Gasteiger charge is -2.24. The van der Waals surface area contributed by atoms with Crippen molar-refractivity contribution in [3.63, 3.8) is 0 Å². The Morgan fingerprint density at radius 1 is 1.46 bits per heavy atom. The molecule has 0 unspecified atom stereocenters. The van der Waals surface area contributed by atoms with Crippen molar-refractivity contribution in [1.29, 1.82) is 0 Å². The summed E-state index contributed by atoms with van der Waals surface area (Å²) in [7, 11) is 0. The van der Waals surface area contributed by atoms with E-state index in [2.05, 4.69) is 15.6 Å². The average molecular weight is 402 g/mol. The summed E-state index contributed by atoms with van der Waals surface area (Å²) in [6.07, 6.45) is 0.974. The summed E-state index contributed by atoms with van der Waals surface area (Å²) in [5, 5.41) is 8.66. The van der Waals surface area contributed by atoms with Crippen LogP contribution < -0.4 is 15.5 Å². The number of thiazole rings is 1. The van der Waals surface area contributed by atoms with Gasteiger partial charge in [0.2, 0.25) is 5.91 Å². The van der Waals surface area contributed by atoms with Gasteiger partial charge in [-0.3, -0.25) is 9.69 Å². The van der Waals surface area contributed by atoms with Gasteiger partial charge >= 0.3 is 6.03 Å². The highest BCUT2D eigenvalue weighted by molar-refractivity contribution is 7.14. The Morgan fingerprint density at radius 2 is 2.32 bits per heavy atom. The normalized spacial score (nSPS) is 14.4. The highest BCUT2D eigenvalue weighted by atomic mass is 32.1. The smallest absolute Gasteiger partial charge is 0.323 e. The fraction of sp³-hybridized carbons (Fsp3) is 0.316. The summed E-state index contributed by atoms with van der Waals surface area (Å²) in [5.74, 6) is 0.0672. The molecule has 1 saturated heterocycles. The van der Waals surface area contributed by atoms with Crippen molar-refractivity contribution in [3.8, 4) is 0 Å². The van der Waals surface area contributed by atoms with Gasteiger partial charge in [0.15, 0.2) is 5.13 Å². The van der Waals surface area contributed by atoms with Crippen LogP contribution in [0.3, 0.4) is 0 Å². The van der Waals surface area contributed by atoms with Gasteiger partial charge in [0.1, 0.15) is 17.2 Å². The average Bonchev–Trinajstić information content (AvgIpc) is 3.25. The van der Waals surface area contributed by atoms with Gasteiger partial charge in [-0.2, -0.15) is 0 Å². The number of hydrogen-bond donors (Lipinski definition) is 2. The molecule has 1 fully saturated rings. The van der Waals surface area contributed by atoms with Crippen LogP contribution in [0.4, 0.5) is 14.3 Å². The molecule has 1 aliphatic heterocycles. The van der Waals surface area contributed by atoms with E-state index in [-0.39, 0.29) is 30.7 Å². The minimum absolute atomic E-state index is 0.111. The third kappa shape index (κ3) is 3.70. The van der Waals surface area contributed by atoms with Crippen LogP contribution >= 0.6 is 11.3 Å². The molecule has 0 aliphatic carbocycles. The van der Waals surface area contributed by atoms with Crippen LogP contribution in [0.2, 0.25) is 0 Å². The van der Waals surface area contributed by atoms with Crippen LogP contribution in [-0.2, 0) is 17.8 Å². The predicted molar refractivity (Wildman–Crippen MR) is 104 cm³/mol. The van der Waals surface area contributed by atoms with E-state index in [1.165, 1.54) is 23.5 Å². The van der Waals surface area contributed by atoms with Crippen LogP contribution in [0.15, 0.2) is 28.0 Å². The Hall–Kier alpha value is -2.94. The van der Waals surface area contributed by atoms with E-state index >= 15 is 0 Å². The molecule has 0 atom stereocenters. The Kier molecular flexibility index (Phi) is 4.99. The maximum atomic E-state index is 13.4. The van der Waals surface area contributed by atoms with Crippen molar-refractivity contribution in [2.75, 3.05) is 18.0 Å². The van der Waals surface area contributed by atoms with E-state index in [9.17, 15) is 14.0 Å². The summed E-state index contributed by atoms with van der Waals surface area (Å²) in [6, 6.07) is 4.19. The summed E-state index contributed by atoms with van der Waals surface area (Å²) >= 11 is 1.34. The molecule has 1 aromatic carbocycles. The molecular formula is C19H19FN4O3S. The minimum atomic E-state index is -0.325. The highest BCUT2D eigenvalue weighted by Gasteiger charge is 2.22. The fourth-order valence-electron chi connectivity index (χ4n) is 3.13. The number of benzene rings is 1. The molecular weight excluding hydrogens is 383 g/mol. The molecule has 0 saturated carbocycles. The number of aryl methyl sites for hydroxylation is 1. The van der Waals surface area contributed by atoms with Gasteiger partial charge < -0.3 is 15.1 Å². The van der Waals surface area contributed by atoms with E-state index in [4.69, 9.17) is 4.42 Å². The molecule has 0 radical (unpaired) electrons. The number of nitrogens with one attached hydrogen (secondary N) is 2. The lowest BCUT2D eigenvalue weighted by Crippen LogP contribution is -2.46. The van der Waals surface area contributed by atoms with Gasteiger partial charge in [0, 0.05) is 29.4 Å². The zero-order valence-electron chi connectivity index (χ0n) is 15.3. The Morgan fingerprint density at radius 3 is 3.14 bits per heavy atom. The van der Waals surface area contributed by atoms with E-state index in [0.29, 0.717) is 40.6 Å². The van der Waals surface area contributed by atoms with E-state index in [1.807, 2.05) is 6.92 Å². The first-order valence-corrected chi connectivity index (χ1v) is 9.83. The van der Waals surface area contributed by atoms with E-state index < -0.39 is 0 Å². The number of halogens is 1. The highest BCUT2D eigenvalue weighted by Crippen LogP contribution is 2.26. The van der Waals surface area contributed by atoms with Crippen LogP contribution in [0, 0.1) is 12.7 Å². The van der Waals surface area contributed by atoms with Gasteiger partial charge in [0.05, 0.1) is 18.7 Å². The van der Waals surface area contributed by atoms with Gasteiger partial charge in [-0.25, -0.2) is 14.2 Å². The molecule has 0 spiro atoms. The SMILES string of the molecule is Cc1c(CNC(=O)Cc2csc(N3CCCNC3=O)n2)oc2ccc(F)cc12. The number of carbonyl (C=O) groups excluding carboxylic acids is 2. The lowest BCUT2D eigenvalue weighted by molar-refractivity contribution is -0.120. The number of carbonyl (C=O) groups is 2. The van der Waals surface area contributed by atoms with Crippen LogP contribution in [0.5, 0.6) is 0 Å². The number of amides is 3. The van der Waals surface area contributed by atoms with E-state index in [1.54, 1.807) is 16.3 Å². The molecule has 3 aromatic rings. The molecule has 28 heavy (non-hydrogen) atoms. The van der Waals surface area contributed by atoms with Crippen molar-refractivity contribution in [2.45, 2.75) is 26.3 Å². The van der Waals surface area contributed by atoms with Crippen LogP contribution in [-0.4, -0.2) is 30.0 Å². The molecule has 3 heterocycles. The second-order valence-electron chi connectivity index (χ2n) is 6.60. The molecule has 9 heteroatoms. The first kappa shape index (κ1) is 18.4. The minimum Gasteiger partial charge on any atom is -0.459 e. The summed E-state index contributed by atoms with van der Waals surface area (Å²) < 4.78 is 19.1. The number of hydrogen-bond acceptors (Lipinski definition) is 5. The Balaban J connectivity index is 1.37. The van der Waals surface area contributed by atoms with Gasteiger partial charge in [0.25, 0.3) is 0 Å². The second-order valence-corrected chi connectivity index (χ2v) is 7.44. The summed E-state index contributed by atoms with van der Waals surface area (Å²) in [4.78, 5) is 30.1. The van der Waals surface area contributed by atoms with Crippen molar-refractivity contribution >= 4 is 39.4 Å². The first-order valence-electron chi connectivity index (χ1n) is 8.95. The number of aromatic nitrogens is 1. The Bertz CT molecular complexity index is 1050. The molecule has 4 rings (SSSR count).